The first-order valence-electron chi connectivity index (χ1n) is 7.90. The standard InChI is InChI=1S/C19H20N2O3/c1-13(22)21-10-9-15-12-16(5-8-18(15)21)20-19(23)11-14-3-6-17(24-2)7-4-14/h3-8,12H,9-11H2,1-2H3,(H,20,23). The van der Waals surface area contributed by atoms with Crippen LogP contribution < -0.4 is 15.0 Å². The second-order valence-corrected chi connectivity index (χ2v) is 5.84. The molecule has 24 heavy (non-hydrogen) atoms. The molecule has 1 N–H and O–H groups in total. The van der Waals surface area contributed by atoms with E-state index in [1.165, 1.54) is 0 Å². The molecule has 1 aliphatic rings. The van der Waals surface area contributed by atoms with E-state index in [-0.39, 0.29) is 11.8 Å². The molecule has 3 rings (SSSR count). The minimum absolute atomic E-state index is 0.0463. The number of carbonyl (C=O) groups is 2. The summed E-state index contributed by atoms with van der Waals surface area (Å²) < 4.78 is 5.11. The largest absolute Gasteiger partial charge is 0.497 e. The maximum atomic E-state index is 12.2. The van der Waals surface area contributed by atoms with Crippen molar-refractivity contribution in [3.63, 3.8) is 0 Å². The maximum absolute atomic E-state index is 12.2. The van der Waals surface area contributed by atoms with Gasteiger partial charge in [0, 0.05) is 24.8 Å². The van der Waals surface area contributed by atoms with Gasteiger partial charge in [0.25, 0.3) is 0 Å². The normalized spacial score (nSPS) is 12.7. The zero-order valence-electron chi connectivity index (χ0n) is 13.8. The van der Waals surface area contributed by atoms with Crippen molar-refractivity contribution in [3.8, 4) is 5.75 Å². The summed E-state index contributed by atoms with van der Waals surface area (Å²) in [5.41, 5.74) is 3.72. The number of fused-ring (bicyclic) bond motifs is 1. The maximum Gasteiger partial charge on any atom is 0.228 e. The third-order valence-electron chi connectivity index (χ3n) is 4.16. The molecule has 0 radical (unpaired) electrons. The minimum atomic E-state index is -0.0680. The molecule has 0 atom stereocenters. The molecule has 0 aromatic heterocycles. The number of benzene rings is 2. The van der Waals surface area contributed by atoms with E-state index in [9.17, 15) is 9.59 Å². The molecule has 2 aromatic rings. The molecule has 5 heteroatoms. The molecule has 2 aromatic carbocycles. The van der Waals surface area contributed by atoms with Gasteiger partial charge < -0.3 is 15.0 Å². The molecule has 0 saturated carbocycles. The van der Waals surface area contributed by atoms with Gasteiger partial charge in [-0.1, -0.05) is 12.1 Å². The van der Waals surface area contributed by atoms with Gasteiger partial charge >= 0.3 is 0 Å². The topological polar surface area (TPSA) is 58.6 Å². The van der Waals surface area contributed by atoms with E-state index in [1.807, 2.05) is 42.5 Å². The zero-order valence-corrected chi connectivity index (χ0v) is 13.8. The lowest BCUT2D eigenvalue weighted by Crippen LogP contribution is -2.25. The Balaban J connectivity index is 1.65. The number of nitrogens with zero attached hydrogens (tertiary/aromatic N) is 1. The van der Waals surface area contributed by atoms with Crippen LogP contribution in [-0.4, -0.2) is 25.5 Å². The summed E-state index contributed by atoms with van der Waals surface area (Å²) in [7, 11) is 1.61. The van der Waals surface area contributed by atoms with Crippen molar-refractivity contribution >= 4 is 23.2 Å². The van der Waals surface area contributed by atoms with Gasteiger partial charge in [-0.15, -0.1) is 0 Å². The van der Waals surface area contributed by atoms with Crippen molar-refractivity contribution in [1.82, 2.24) is 0 Å². The quantitative estimate of drug-likeness (QED) is 0.941. The number of rotatable bonds is 4. The first-order chi connectivity index (χ1) is 11.6. The highest BCUT2D eigenvalue weighted by atomic mass is 16.5. The summed E-state index contributed by atoms with van der Waals surface area (Å²) in [6, 6.07) is 13.1. The lowest BCUT2D eigenvalue weighted by molar-refractivity contribution is -0.117. The molecule has 2 amide bonds. The third-order valence-corrected chi connectivity index (χ3v) is 4.16. The first-order valence-corrected chi connectivity index (χ1v) is 7.90. The SMILES string of the molecule is COc1ccc(CC(=O)Nc2ccc3c(c2)CCN3C(C)=O)cc1. The molecule has 0 saturated heterocycles. The molecule has 1 heterocycles. The fourth-order valence-corrected chi connectivity index (χ4v) is 2.94. The fraction of sp³-hybridized carbons (Fsp3) is 0.263. The van der Waals surface area contributed by atoms with Gasteiger partial charge in [0.2, 0.25) is 11.8 Å². The van der Waals surface area contributed by atoms with Gasteiger partial charge in [-0.05, 0) is 47.9 Å². The molecule has 0 spiro atoms. The first kappa shape index (κ1) is 16.1. The Hall–Kier alpha value is -2.82. The molecule has 5 nitrogen and oxygen atoms in total. The molecule has 0 bridgehead atoms. The summed E-state index contributed by atoms with van der Waals surface area (Å²) in [5, 5.41) is 2.92. The van der Waals surface area contributed by atoms with Crippen molar-refractivity contribution in [3.05, 3.63) is 53.6 Å². The van der Waals surface area contributed by atoms with Crippen LogP contribution in [0.5, 0.6) is 5.75 Å². The van der Waals surface area contributed by atoms with Crippen molar-refractivity contribution < 1.29 is 14.3 Å². The van der Waals surface area contributed by atoms with Gasteiger partial charge in [0.1, 0.15) is 5.75 Å². The molecule has 0 unspecified atom stereocenters. The van der Waals surface area contributed by atoms with Crippen LogP contribution in [-0.2, 0) is 22.4 Å². The lowest BCUT2D eigenvalue weighted by Gasteiger charge is -2.15. The van der Waals surface area contributed by atoms with E-state index in [0.29, 0.717) is 13.0 Å². The van der Waals surface area contributed by atoms with E-state index in [1.54, 1.807) is 18.9 Å². The third kappa shape index (κ3) is 3.40. The Labute approximate surface area is 141 Å². The Bertz CT molecular complexity index is 769. The minimum Gasteiger partial charge on any atom is -0.497 e. The second kappa shape index (κ2) is 6.74. The highest BCUT2D eigenvalue weighted by Crippen LogP contribution is 2.30. The van der Waals surface area contributed by atoms with E-state index in [0.717, 1.165) is 34.7 Å². The van der Waals surface area contributed by atoms with Crippen LogP contribution in [0, 0.1) is 0 Å². The van der Waals surface area contributed by atoms with Gasteiger partial charge in [0.05, 0.1) is 13.5 Å². The number of nitrogens with one attached hydrogen (secondary N) is 1. The summed E-state index contributed by atoms with van der Waals surface area (Å²) in [5.74, 6) is 0.749. The van der Waals surface area contributed by atoms with Crippen molar-refractivity contribution in [2.45, 2.75) is 19.8 Å². The van der Waals surface area contributed by atoms with Gasteiger partial charge in [-0.25, -0.2) is 0 Å². The molecule has 0 fully saturated rings. The Kier molecular flexibility index (Phi) is 4.51. The number of hydrogen-bond acceptors (Lipinski definition) is 3. The number of anilines is 2. The Morgan fingerprint density at radius 2 is 1.92 bits per heavy atom. The molecular weight excluding hydrogens is 304 g/mol. The molecule has 124 valence electrons. The van der Waals surface area contributed by atoms with Crippen LogP contribution in [0.3, 0.4) is 0 Å². The lowest BCUT2D eigenvalue weighted by atomic mass is 10.1. The predicted molar refractivity (Wildman–Crippen MR) is 93.5 cm³/mol. The van der Waals surface area contributed by atoms with E-state index < -0.39 is 0 Å². The van der Waals surface area contributed by atoms with Crippen LogP contribution in [0.1, 0.15) is 18.1 Å². The number of ether oxygens (including phenoxy) is 1. The molecular formula is C19H20N2O3. The summed E-state index contributed by atoms with van der Waals surface area (Å²) in [6.07, 6.45) is 1.12. The second-order valence-electron chi connectivity index (χ2n) is 5.84. The van der Waals surface area contributed by atoms with Crippen molar-refractivity contribution in [2.24, 2.45) is 0 Å². The van der Waals surface area contributed by atoms with Crippen LogP contribution in [0.2, 0.25) is 0 Å². The van der Waals surface area contributed by atoms with Crippen LogP contribution in [0.25, 0.3) is 0 Å². The van der Waals surface area contributed by atoms with E-state index in [4.69, 9.17) is 4.74 Å². The van der Waals surface area contributed by atoms with Gasteiger partial charge in [0.15, 0.2) is 0 Å². The number of amides is 2. The van der Waals surface area contributed by atoms with Crippen molar-refractivity contribution in [2.75, 3.05) is 23.9 Å². The van der Waals surface area contributed by atoms with E-state index in [2.05, 4.69) is 5.32 Å². The monoisotopic (exact) mass is 324 g/mol. The highest BCUT2D eigenvalue weighted by molar-refractivity contribution is 5.96. The number of methoxy groups -OCH3 is 1. The van der Waals surface area contributed by atoms with Crippen LogP contribution in [0.4, 0.5) is 11.4 Å². The predicted octanol–water partition coefficient (Wildman–Crippen LogP) is 2.79. The van der Waals surface area contributed by atoms with Crippen molar-refractivity contribution in [1.29, 1.82) is 0 Å². The van der Waals surface area contributed by atoms with Gasteiger partial charge in [-0.3, -0.25) is 9.59 Å². The number of carbonyl (C=O) groups excluding carboxylic acids is 2. The summed E-state index contributed by atoms with van der Waals surface area (Å²) in [4.78, 5) is 25.5. The average Bonchev–Trinajstić information content (AvgIpc) is 2.99. The summed E-state index contributed by atoms with van der Waals surface area (Å²) in [6.45, 7) is 2.27. The Morgan fingerprint density at radius 3 is 2.58 bits per heavy atom. The van der Waals surface area contributed by atoms with Gasteiger partial charge in [-0.2, -0.15) is 0 Å². The van der Waals surface area contributed by atoms with Crippen LogP contribution in [0.15, 0.2) is 42.5 Å². The fourth-order valence-electron chi connectivity index (χ4n) is 2.94. The summed E-state index contributed by atoms with van der Waals surface area (Å²) >= 11 is 0. The van der Waals surface area contributed by atoms with Crippen LogP contribution >= 0.6 is 0 Å². The highest BCUT2D eigenvalue weighted by Gasteiger charge is 2.22. The Morgan fingerprint density at radius 1 is 1.17 bits per heavy atom. The van der Waals surface area contributed by atoms with E-state index >= 15 is 0 Å². The molecule has 1 aliphatic heterocycles. The molecule has 0 aliphatic carbocycles. The number of hydrogen-bond donors (Lipinski definition) is 1. The smallest absolute Gasteiger partial charge is 0.228 e. The average molecular weight is 324 g/mol. The zero-order chi connectivity index (χ0) is 17.1.